The van der Waals surface area contributed by atoms with Crippen molar-refractivity contribution < 1.29 is 18.6 Å². The third kappa shape index (κ3) is 5.83. The molecule has 0 radical (unpaired) electrons. The van der Waals surface area contributed by atoms with Gasteiger partial charge in [0, 0.05) is 25.6 Å². The molecule has 4 heteroatoms. The number of rotatable bonds is 7. The summed E-state index contributed by atoms with van der Waals surface area (Å²) < 4.78 is 30.9. The first-order chi connectivity index (χ1) is 14.7. The molecule has 1 heterocycles. The van der Waals surface area contributed by atoms with Crippen LogP contribution in [0.4, 0.5) is 4.39 Å². The van der Waals surface area contributed by atoms with E-state index in [1.165, 1.54) is 44.1 Å². The van der Waals surface area contributed by atoms with E-state index >= 15 is 0 Å². The van der Waals surface area contributed by atoms with E-state index in [9.17, 15) is 4.39 Å². The minimum absolute atomic E-state index is 0.0131. The number of halogens is 1. The molecule has 0 unspecified atom stereocenters. The van der Waals surface area contributed by atoms with Crippen molar-refractivity contribution in [2.45, 2.75) is 76.4 Å². The second-order valence-electron chi connectivity index (χ2n) is 9.87. The largest absolute Gasteiger partial charge is 0.385 e. The molecule has 1 aromatic rings. The van der Waals surface area contributed by atoms with Gasteiger partial charge >= 0.3 is 0 Å². The molecule has 0 atom stereocenters. The Bertz CT molecular complexity index is 610. The normalized spacial score (nSPS) is 35.3. The van der Waals surface area contributed by atoms with Crippen LogP contribution < -0.4 is 0 Å². The number of hydrogen-bond donors (Lipinski definition) is 0. The zero-order valence-corrected chi connectivity index (χ0v) is 18.6. The van der Waals surface area contributed by atoms with E-state index in [0.717, 1.165) is 57.3 Å². The standard InChI is InChI=1S/C26H39FO3/c1-28-16-2-3-19-4-6-22(7-5-19)24-17-29-26(30-18-24)23-10-8-20(9-11-23)21-12-14-25(27)15-13-21/h12-15,19-20,22-24,26H,2-11,16-18H2,1H3. The van der Waals surface area contributed by atoms with Gasteiger partial charge in [-0.3, -0.25) is 0 Å². The Labute approximate surface area is 181 Å². The molecule has 168 valence electrons. The van der Waals surface area contributed by atoms with Gasteiger partial charge in [-0.2, -0.15) is 0 Å². The monoisotopic (exact) mass is 418 g/mol. The van der Waals surface area contributed by atoms with Gasteiger partial charge < -0.3 is 14.2 Å². The summed E-state index contributed by atoms with van der Waals surface area (Å²) >= 11 is 0. The summed E-state index contributed by atoms with van der Waals surface area (Å²) in [4.78, 5) is 0. The summed E-state index contributed by atoms with van der Waals surface area (Å²) in [6.07, 6.45) is 12.5. The molecule has 1 saturated heterocycles. The maximum Gasteiger partial charge on any atom is 0.160 e. The van der Waals surface area contributed by atoms with E-state index < -0.39 is 0 Å². The molecule has 30 heavy (non-hydrogen) atoms. The minimum atomic E-state index is -0.148. The molecule has 3 nitrogen and oxygen atoms in total. The third-order valence-electron chi connectivity index (χ3n) is 7.97. The van der Waals surface area contributed by atoms with Crippen LogP contribution in [0.3, 0.4) is 0 Å². The lowest BCUT2D eigenvalue weighted by atomic mass is 9.74. The van der Waals surface area contributed by atoms with Gasteiger partial charge in [0.15, 0.2) is 6.29 Å². The molecule has 0 N–H and O–H groups in total. The summed E-state index contributed by atoms with van der Waals surface area (Å²) in [6, 6.07) is 7.07. The number of hydrogen-bond acceptors (Lipinski definition) is 3. The van der Waals surface area contributed by atoms with E-state index in [0.29, 0.717) is 17.8 Å². The predicted octanol–water partition coefficient (Wildman–Crippen LogP) is 6.32. The van der Waals surface area contributed by atoms with Crippen molar-refractivity contribution in [1.29, 1.82) is 0 Å². The highest BCUT2D eigenvalue weighted by atomic mass is 19.1. The van der Waals surface area contributed by atoms with Crippen LogP contribution in [-0.2, 0) is 14.2 Å². The van der Waals surface area contributed by atoms with E-state index in [2.05, 4.69) is 0 Å². The fraction of sp³-hybridized carbons (Fsp3) is 0.769. The van der Waals surface area contributed by atoms with Gasteiger partial charge in [0.2, 0.25) is 0 Å². The SMILES string of the molecule is COCCCC1CCC(C2COC(C3CCC(c4ccc(F)cc4)CC3)OC2)CC1. The Hall–Kier alpha value is -0.970. The Morgan fingerprint density at radius 2 is 1.47 bits per heavy atom. The summed E-state index contributed by atoms with van der Waals surface area (Å²) in [5.74, 6) is 3.17. The first-order valence-corrected chi connectivity index (χ1v) is 12.2. The molecule has 0 spiro atoms. The second-order valence-corrected chi connectivity index (χ2v) is 9.87. The van der Waals surface area contributed by atoms with Gasteiger partial charge in [0.25, 0.3) is 0 Å². The van der Waals surface area contributed by atoms with Crippen LogP contribution in [-0.4, -0.2) is 33.2 Å². The average Bonchev–Trinajstić information content (AvgIpc) is 2.81. The highest BCUT2D eigenvalue weighted by Crippen LogP contribution is 2.41. The molecule has 1 aromatic carbocycles. The molecular formula is C26H39FO3. The van der Waals surface area contributed by atoms with Crippen molar-refractivity contribution in [2.24, 2.45) is 23.7 Å². The smallest absolute Gasteiger partial charge is 0.160 e. The van der Waals surface area contributed by atoms with Crippen LogP contribution in [0.2, 0.25) is 0 Å². The summed E-state index contributed by atoms with van der Waals surface area (Å²) in [7, 11) is 1.80. The number of ether oxygens (including phenoxy) is 3. The zero-order valence-electron chi connectivity index (χ0n) is 18.6. The zero-order chi connectivity index (χ0) is 20.8. The molecule has 0 amide bonds. The molecule has 2 aliphatic carbocycles. The Kier molecular flexibility index (Phi) is 8.20. The Morgan fingerprint density at radius 3 is 2.10 bits per heavy atom. The van der Waals surface area contributed by atoms with Crippen molar-refractivity contribution in [3.63, 3.8) is 0 Å². The molecule has 2 saturated carbocycles. The van der Waals surface area contributed by atoms with E-state index in [-0.39, 0.29) is 12.1 Å². The third-order valence-corrected chi connectivity index (χ3v) is 7.97. The lowest BCUT2D eigenvalue weighted by Gasteiger charge is -2.41. The number of benzene rings is 1. The molecule has 0 aromatic heterocycles. The fourth-order valence-electron chi connectivity index (χ4n) is 6.00. The van der Waals surface area contributed by atoms with Crippen LogP contribution in [0.25, 0.3) is 0 Å². The first kappa shape index (κ1) is 22.2. The lowest BCUT2D eigenvalue weighted by molar-refractivity contribution is -0.236. The summed E-state index contributed by atoms with van der Waals surface area (Å²) in [5, 5.41) is 0. The van der Waals surface area contributed by atoms with Gasteiger partial charge in [-0.25, -0.2) is 4.39 Å². The van der Waals surface area contributed by atoms with Crippen molar-refractivity contribution >= 4 is 0 Å². The minimum Gasteiger partial charge on any atom is -0.385 e. The topological polar surface area (TPSA) is 27.7 Å². The number of methoxy groups -OCH3 is 1. The van der Waals surface area contributed by atoms with Gasteiger partial charge in [-0.15, -0.1) is 0 Å². The fourth-order valence-corrected chi connectivity index (χ4v) is 6.00. The van der Waals surface area contributed by atoms with Crippen molar-refractivity contribution in [1.82, 2.24) is 0 Å². The quantitative estimate of drug-likeness (QED) is 0.485. The molecule has 4 rings (SSSR count). The highest BCUT2D eigenvalue weighted by Gasteiger charge is 2.36. The first-order valence-electron chi connectivity index (χ1n) is 12.2. The van der Waals surface area contributed by atoms with Gasteiger partial charge in [-0.05, 0) is 86.8 Å². The van der Waals surface area contributed by atoms with Crippen LogP contribution >= 0.6 is 0 Å². The molecular weight excluding hydrogens is 379 g/mol. The van der Waals surface area contributed by atoms with Crippen LogP contribution in [0.15, 0.2) is 24.3 Å². The Morgan fingerprint density at radius 1 is 0.833 bits per heavy atom. The average molecular weight is 419 g/mol. The van der Waals surface area contributed by atoms with Crippen molar-refractivity contribution in [2.75, 3.05) is 26.9 Å². The molecule has 3 fully saturated rings. The van der Waals surface area contributed by atoms with Crippen LogP contribution in [0, 0.1) is 29.5 Å². The summed E-state index contributed by atoms with van der Waals surface area (Å²) in [6.45, 7) is 2.65. The van der Waals surface area contributed by atoms with Gasteiger partial charge in [-0.1, -0.05) is 25.0 Å². The van der Waals surface area contributed by atoms with Crippen LogP contribution in [0.5, 0.6) is 0 Å². The van der Waals surface area contributed by atoms with Crippen molar-refractivity contribution in [3.05, 3.63) is 35.6 Å². The summed E-state index contributed by atoms with van der Waals surface area (Å²) in [5.41, 5.74) is 1.28. The maximum atomic E-state index is 13.2. The van der Waals surface area contributed by atoms with E-state index in [1.807, 2.05) is 12.1 Å². The van der Waals surface area contributed by atoms with E-state index in [4.69, 9.17) is 14.2 Å². The molecule has 0 bridgehead atoms. The van der Waals surface area contributed by atoms with Gasteiger partial charge in [0.05, 0.1) is 13.2 Å². The molecule has 1 aliphatic heterocycles. The second kappa shape index (κ2) is 11.1. The van der Waals surface area contributed by atoms with Crippen LogP contribution in [0.1, 0.15) is 75.7 Å². The van der Waals surface area contributed by atoms with Crippen molar-refractivity contribution in [3.8, 4) is 0 Å². The van der Waals surface area contributed by atoms with Gasteiger partial charge in [0.1, 0.15) is 5.82 Å². The van der Waals surface area contributed by atoms with E-state index in [1.54, 1.807) is 19.2 Å². The highest BCUT2D eigenvalue weighted by molar-refractivity contribution is 5.20. The predicted molar refractivity (Wildman–Crippen MR) is 117 cm³/mol. The lowest BCUT2D eigenvalue weighted by Crippen LogP contribution is -2.41. The Balaban J connectivity index is 1.15. The molecule has 3 aliphatic rings. The maximum absolute atomic E-state index is 13.2.